The summed E-state index contributed by atoms with van der Waals surface area (Å²) in [4.78, 5) is 42.9. The summed E-state index contributed by atoms with van der Waals surface area (Å²) in [6.07, 6.45) is 0. The van der Waals surface area contributed by atoms with Crippen molar-refractivity contribution in [1.82, 2.24) is 9.88 Å². The average Bonchev–Trinajstić information content (AvgIpc) is 3.11. The second-order valence-corrected chi connectivity index (χ2v) is 6.94. The summed E-state index contributed by atoms with van der Waals surface area (Å²) in [6, 6.07) is 18.5. The first-order valence-corrected chi connectivity index (χ1v) is 9.72. The highest BCUT2D eigenvalue weighted by atomic mass is 16.5. The molecule has 1 amide bonds. The third-order valence-electron chi connectivity index (χ3n) is 4.76. The molecule has 0 radical (unpaired) electrons. The van der Waals surface area contributed by atoms with Crippen LogP contribution in [0.2, 0.25) is 0 Å². The molecule has 0 bridgehead atoms. The number of aryl methyl sites for hydroxylation is 1. The molecule has 6 nitrogen and oxygen atoms in total. The summed E-state index contributed by atoms with van der Waals surface area (Å²) >= 11 is 0. The topological polar surface area (TPSA) is 79.5 Å². The van der Waals surface area contributed by atoms with Gasteiger partial charge < -0.3 is 14.6 Å². The molecule has 30 heavy (non-hydrogen) atoms. The van der Waals surface area contributed by atoms with Gasteiger partial charge >= 0.3 is 5.97 Å². The number of H-pyrrole nitrogens is 1. The van der Waals surface area contributed by atoms with E-state index in [0.717, 1.165) is 5.56 Å². The predicted octanol–water partition coefficient (Wildman–Crippen LogP) is 4.01. The Morgan fingerprint density at radius 2 is 1.57 bits per heavy atom. The van der Waals surface area contributed by atoms with Crippen molar-refractivity contribution in [1.29, 1.82) is 0 Å². The second kappa shape index (κ2) is 9.22. The number of ketones is 1. The van der Waals surface area contributed by atoms with Crippen LogP contribution in [-0.2, 0) is 16.1 Å². The van der Waals surface area contributed by atoms with Crippen LogP contribution in [0.4, 0.5) is 0 Å². The summed E-state index contributed by atoms with van der Waals surface area (Å²) in [6.45, 7) is 3.92. The number of carbonyl (C=O) groups excluding carboxylic acids is 3. The van der Waals surface area contributed by atoms with Crippen LogP contribution in [0.1, 0.15) is 39.0 Å². The number of benzene rings is 2. The number of hydrogen-bond acceptors (Lipinski definition) is 4. The molecule has 0 aliphatic rings. The second-order valence-electron chi connectivity index (χ2n) is 6.94. The number of nitrogens with zero attached hydrogens (tertiary/aromatic N) is 1. The molecule has 0 atom stereocenters. The van der Waals surface area contributed by atoms with Crippen LogP contribution in [0.3, 0.4) is 0 Å². The Morgan fingerprint density at radius 1 is 0.967 bits per heavy atom. The first-order chi connectivity index (χ1) is 14.4. The highest BCUT2D eigenvalue weighted by molar-refractivity contribution is 6.43. The Labute approximate surface area is 175 Å². The number of ether oxygens (including phenoxy) is 1. The summed E-state index contributed by atoms with van der Waals surface area (Å²) in [5, 5.41) is 0. The van der Waals surface area contributed by atoms with E-state index in [1.165, 1.54) is 4.90 Å². The van der Waals surface area contributed by atoms with E-state index in [-0.39, 0.29) is 17.9 Å². The van der Waals surface area contributed by atoms with Crippen LogP contribution in [0, 0.1) is 6.92 Å². The molecule has 1 aromatic heterocycles. The number of amides is 1. The minimum Gasteiger partial charge on any atom is -0.462 e. The van der Waals surface area contributed by atoms with Crippen molar-refractivity contribution in [2.24, 2.45) is 0 Å². The fraction of sp³-hybridized carbons (Fsp3) is 0.208. The van der Waals surface area contributed by atoms with Crippen LogP contribution in [0.5, 0.6) is 0 Å². The highest BCUT2D eigenvalue weighted by Gasteiger charge is 2.31. The average molecular weight is 404 g/mol. The van der Waals surface area contributed by atoms with Gasteiger partial charge in [0.25, 0.3) is 11.7 Å². The monoisotopic (exact) mass is 404 g/mol. The van der Waals surface area contributed by atoms with Gasteiger partial charge in [-0.25, -0.2) is 4.79 Å². The first kappa shape index (κ1) is 21.0. The Balaban J connectivity index is 2.00. The van der Waals surface area contributed by atoms with Crippen molar-refractivity contribution in [3.63, 3.8) is 0 Å². The van der Waals surface area contributed by atoms with Gasteiger partial charge in [-0.2, -0.15) is 0 Å². The zero-order valence-corrected chi connectivity index (χ0v) is 17.3. The zero-order valence-electron chi connectivity index (χ0n) is 17.3. The minimum atomic E-state index is -0.703. The zero-order chi connectivity index (χ0) is 21.7. The number of rotatable bonds is 7. The van der Waals surface area contributed by atoms with Crippen molar-refractivity contribution in [3.05, 3.63) is 83.2 Å². The molecule has 0 aliphatic heterocycles. The number of carbonyl (C=O) groups is 3. The van der Waals surface area contributed by atoms with Gasteiger partial charge in [-0.05, 0) is 25.0 Å². The van der Waals surface area contributed by atoms with Gasteiger partial charge in [-0.3, -0.25) is 9.59 Å². The normalized spacial score (nSPS) is 10.5. The van der Waals surface area contributed by atoms with Gasteiger partial charge in [0.2, 0.25) is 0 Å². The lowest BCUT2D eigenvalue weighted by Gasteiger charge is -2.16. The lowest BCUT2D eigenvalue weighted by atomic mass is 9.98. The third kappa shape index (κ3) is 4.33. The van der Waals surface area contributed by atoms with E-state index in [2.05, 4.69) is 4.98 Å². The van der Waals surface area contributed by atoms with Crippen LogP contribution < -0.4 is 0 Å². The Bertz CT molecular complexity index is 1060. The van der Waals surface area contributed by atoms with E-state index in [9.17, 15) is 14.4 Å². The number of hydrogen-bond donors (Lipinski definition) is 1. The van der Waals surface area contributed by atoms with Gasteiger partial charge in [-0.1, -0.05) is 60.7 Å². The Hall–Kier alpha value is -3.67. The largest absolute Gasteiger partial charge is 0.462 e. The highest BCUT2D eigenvalue weighted by Crippen LogP contribution is 2.31. The fourth-order valence-electron chi connectivity index (χ4n) is 3.36. The molecular weight excluding hydrogens is 380 g/mol. The molecule has 0 aliphatic carbocycles. The van der Waals surface area contributed by atoms with E-state index in [1.54, 1.807) is 33.0 Å². The molecule has 2 aromatic carbocycles. The molecule has 0 unspecified atom stereocenters. The van der Waals surface area contributed by atoms with Gasteiger partial charge in [0.05, 0.1) is 12.2 Å². The van der Waals surface area contributed by atoms with Crippen molar-refractivity contribution < 1.29 is 19.1 Å². The molecule has 6 heteroatoms. The number of nitrogens with one attached hydrogen (secondary N) is 1. The maximum atomic E-state index is 13.1. The quantitative estimate of drug-likeness (QED) is 0.367. The number of likely N-dealkylation sites (N-methyl/N-ethyl adjacent to an activating group) is 1. The summed E-state index contributed by atoms with van der Waals surface area (Å²) < 4.78 is 5.19. The molecule has 1 heterocycles. The molecule has 1 N–H and O–H groups in total. The van der Waals surface area contributed by atoms with Gasteiger partial charge in [-0.15, -0.1) is 0 Å². The van der Waals surface area contributed by atoms with Crippen LogP contribution >= 0.6 is 0 Å². The third-order valence-corrected chi connectivity index (χ3v) is 4.76. The summed E-state index contributed by atoms with van der Waals surface area (Å²) in [5.41, 5.74) is 2.80. The van der Waals surface area contributed by atoms with Crippen molar-refractivity contribution in [3.8, 4) is 11.1 Å². The number of aromatic nitrogens is 1. The smallest absolute Gasteiger partial charge is 0.340 e. The predicted molar refractivity (Wildman–Crippen MR) is 114 cm³/mol. The lowest BCUT2D eigenvalue weighted by molar-refractivity contribution is -0.125. The lowest BCUT2D eigenvalue weighted by Crippen LogP contribution is -2.33. The molecule has 0 saturated carbocycles. The Kier molecular flexibility index (Phi) is 6.47. The van der Waals surface area contributed by atoms with Gasteiger partial charge in [0.15, 0.2) is 0 Å². The van der Waals surface area contributed by atoms with E-state index in [1.807, 2.05) is 48.5 Å². The minimum absolute atomic E-state index is 0.0895. The molecule has 0 fully saturated rings. The molecular formula is C24H24N2O4. The van der Waals surface area contributed by atoms with E-state index in [4.69, 9.17) is 4.74 Å². The number of aromatic amines is 1. The van der Waals surface area contributed by atoms with Crippen LogP contribution in [0.15, 0.2) is 60.7 Å². The van der Waals surface area contributed by atoms with Crippen molar-refractivity contribution in [2.45, 2.75) is 20.4 Å². The van der Waals surface area contributed by atoms with E-state index < -0.39 is 17.7 Å². The van der Waals surface area contributed by atoms with Gasteiger partial charge in [0, 0.05) is 24.8 Å². The number of Topliss-reactive ketones (excluding diaryl/α,β-unsaturated/α-hetero) is 1. The standard InChI is InChI=1S/C24H24N2O4/c1-4-30-24(29)19-16(2)25-21(20(19)18-13-9-6-10-14-18)22(27)23(28)26(3)15-17-11-7-5-8-12-17/h5-14,25H,4,15H2,1-3H3. The maximum Gasteiger partial charge on any atom is 0.340 e. The molecule has 0 saturated heterocycles. The Morgan fingerprint density at radius 3 is 2.17 bits per heavy atom. The van der Waals surface area contributed by atoms with E-state index in [0.29, 0.717) is 23.4 Å². The molecule has 154 valence electrons. The SMILES string of the molecule is CCOC(=O)c1c(C)[nH]c(C(=O)C(=O)N(C)Cc2ccccc2)c1-c1ccccc1. The van der Waals surface area contributed by atoms with Crippen LogP contribution in [0.25, 0.3) is 11.1 Å². The summed E-state index contributed by atoms with van der Waals surface area (Å²) in [7, 11) is 1.58. The van der Waals surface area contributed by atoms with E-state index >= 15 is 0 Å². The summed E-state index contributed by atoms with van der Waals surface area (Å²) in [5.74, 6) is -1.90. The first-order valence-electron chi connectivity index (χ1n) is 9.72. The fourth-order valence-corrected chi connectivity index (χ4v) is 3.36. The van der Waals surface area contributed by atoms with Crippen LogP contribution in [-0.4, -0.2) is 41.2 Å². The van der Waals surface area contributed by atoms with Gasteiger partial charge in [0.1, 0.15) is 5.69 Å². The van der Waals surface area contributed by atoms with Crippen molar-refractivity contribution in [2.75, 3.05) is 13.7 Å². The molecule has 3 aromatic rings. The van der Waals surface area contributed by atoms with Crippen molar-refractivity contribution >= 4 is 17.7 Å². The maximum absolute atomic E-state index is 13.1. The molecule has 3 rings (SSSR count). The molecule has 0 spiro atoms. The number of esters is 1.